The van der Waals surface area contributed by atoms with Crippen molar-refractivity contribution in [3.8, 4) is 23.0 Å². The summed E-state index contributed by atoms with van der Waals surface area (Å²) >= 11 is 0. The predicted molar refractivity (Wildman–Crippen MR) is 122 cm³/mol. The van der Waals surface area contributed by atoms with Gasteiger partial charge in [0.25, 0.3) is 0 Å². The van der Waals surface area contributed by atoms with Crippen molar-refractivity contribution >= 4 is 29.3 Å². The average molecular weight is 470 g/mol. The first kappa shape index (κ1) is 24.2. The van der Waals surface area contributed by atoms with Crippen LogP contribution in [0, 0.1) is 26.1 Å². The van der Waals surface area contributed by atoms with Gasteiger partial charge in [-0.05, 0) is 54.2 Å². The Bertz CT molecular complexity index is 1150. The Kier molecular flexibility index (Phi) is 6.85. The third kappa shape index (κ3) is 4.82. The summed E-state index contributed by atoms with van der Waals surface area (Å²) in [5.74, 6) is -1.70. The normalized spacial score (nSPS) is 18.2. The summed E-state index contributed by atoms with van der Waals surface area (Å²) in [6.45, 7) is 1.92. The molecule has 0 spiro atoms. The second-order valence-electron chi connectivity index (χ2n) is 7.88. The van der Waals surface area contributed by atoms with E-state index in [1.54, 1.807) is 0 Å². The summed E-state index contributed by atoms with van der Waals surface area (Å²) in [5, 5.41) is 42.5. The monoisotopic (exact) mass is 470 g/mol. The number of allylic oxidation sites excluding steroid dienone is 2. The number of Topliss-reactive ketones (excluding diaryl/α,β-unsaturated/α-hetero) is 1. The number of carbonyl (C=O) groups is 1. The number of nitrogens with zero attached hydrogens (tertiary/aromatic N) is 2. The van der Waals surface area contributed by atoms with Gasteiger partial charge in [0.15, 0.2) is 17.3 Å². The molecule has 2 N–H and O–H groups in total. The van der Waals surface area contributed by atoms with Crippen molar-refractivity contribution in [3.63, 3.8) is 0 Å². The van der Waals surface area contributed by atoms with E-state index in [-0.39, 0.29) is 23.2 Å². The van der Waals surface area contributed by atoms with Gasteiger partial charge in [-0.15, -0.1) is 0 Å². The van der Waals surface area contributed by atoms with Crippen LogP contribution in [0.3, 0.4) is 0 Å². The van der Waals surface area contributed by atoms with Gasteiger partial charge in [0, 0.05) is 23.3 Å². The molecule has 0 aliphatic heterocycles. The van der Waals surface area contributed by atoms with Crippen LogP contribution in [0.5, 0.6) is 23.0 Å². The molecule has 0 saturated heterocycles. The van der Waals surface area contributed by atoms with E-state index in [1.165, 1.54) is 38.5 Å². The summed E-state index contributed by atoms with van der Waals surface area (Å²) in [7, 11) is 2.52. The minimum Gasteiger partial charge on any atom is -0.500 e. The Morgan fingerprint density at radius 1 is 0.853 bits per heavy atom. The maximum absolute atomic E-state index is 13.2. The molecule has 1 fully saturated rings. The van der Waals surface area contributed by atoms with E-state index in [0.29, 0.717) is 35.1 Å². The van der Waals surface area contributed by atoms with Gasteiger partial charge >= 0.3 is 11.4 Å². The lowest BCUT2D eigenvalue weighted by Crippen LogP contribution is -2.18. The Morgan fingerprint density at radius 2 is 1.24 bits per heavy atom. The molecule has 1 saturated carbocycles. The maximum Gasteiger partial charge on any atom is 0.315 e. The van der Waals surface area contributed by atoms with Gasteiger partial charge in [0.05, 0.1) is 24.1 Å². The Labute approximate surface area is 193 Å². The molecule has 0 aromatic heterocycles. The van der Waals surface area contributed by atoms with Crippen LogP contribution in [-0.2, 0) is 4.79 Å². The number of ether oxygens (including phenoxy) is 2. The van der Waals surface area contributed by atoms with Crippen LogP contribution >= 0.6 is 0 Å². The number of phenolic OH excluding ortho intramolecular Hbond substituents is 2. The molecule has 11 nitrogen and oxygen atoms in total. The molecule has 0 atom stereocenters. The molecular weight excluding hydrogens is 448 g/mol. The Balaban J connectivity index is 2.07. The van der Waals surface area contributed by atoms with Crippen molar-refractivity contribution in [1.82, 2.24) is 0 Å². The molecule has 1 aliphatic rings. The number of aromatic hydroxyl groups is 2. The lowest BCUT2D eigenvalue weighted by molar-refractivity contribution is -0.386. The second kappa shape index (κ2) is 9.61. The molecule has 34 heavy (non-hydrogen) atoms. The number of phenols is 2. The Hall–Kier alpha value is -4.41. The van der Waals surface area contributed by atoms with Crippen LogP contribution in [0.25, 0.3) is 12.2 Å². The van der Waals surface area contributed by atoms with Crippen LogP contribution in [0.2, 0.25) is 0 Å². The Morgan fingerprint density at radius 3 is 1.56 bits per heavy atom. The highest BCUT2D eigenvalue weighted by Crippen LogP contribution is 2.40. The molecule has 0 bridgehead atoms. The molecule has 0 amide bonds. The zero-order valence-electron chi connectivity index (χ0n) is 18.6. The van der Waals surface area contributed by atoms with Crippen molar-refractivity contribution in [3.05, 3.63) is 66.8 Å². The third-order valence-electron chi connectivity index (χ3n) is 5.39. The quantitative estimate of drug-likeness (QED) is 0.354. The van der Waals surface area contributed by atoms with Gasteiger partial charge in [-0.2, -0.15) is 0 Å². The molecule has 178 valence electrons. The van der Waals surface area contributed by atoms with Crippen LogP contribution in [0.15, 0.2) is 35.4 Å². The van der Waals surface area contributed by atoms with Gasteiger partial charge in [0.2, 0.25) is 11.5 Å². The van der Waals surface area contributed by atoms with Crippen molar-refractivity contribution < 1.29 is 34.3 Å². The number of rotatable bonds is 6. The van der Waals surface area contributed by atoms with Gasteiger partial charge in [-0.3, -0.25) is 25.0 Å². The molecule has 11 heteroatoms. The molecule has 1 aliphatic carbocycles. The number of ketones is 1. The summed E-state index contributed by atoms with van der Waals surface area (Å²) < 4.78 is 10.0. The number of carbonyl (C=O) groups excluding carboxylic acids is 1. The van der Waals surface area contributed by atoms with Crippen molar-refractivity contribution in [1.29, 1.82) is 0 Å². The number of nitro benzene ring substituents is 2. The fourth-order valence-corrected chi connectivity index (χ4v) is 3.85. The molecular formula is C23H22N2O9. The van der Waals surface area contributed by atoms with Gasteiger partial charge in [-0.1, -0.05) is 6.92 Å². The first-order valence-electron chi connectivity index (χ1n) is 10.1. The van der Waals surface area contributed by atoms with Crippen molar-refractivity contribution in [2.24, 2.45) is 5.92 Å². The van der Waals surface area contributed by atoms with Gasteiger partial charge in [-0.25, -0.2) is 0 Å². The van der Waals surface area contributed by atoms with E-state index in [4.69, 9.17) is 9.47 Å². The van der Waals surface area contributed by atoms with E-state index in [0.717, 1.165) is 12.1 Å². The number of methoxy groups -OCH3 is 2. The van der Waals surface area contributed by atoms with Gasteiger partial charge in [0.1, 0.15) is 0 Å². The van der Waals surface area contributed by atoms with Crippen LogP contribution < -0.4 is 9.47 Å². The van der Waals surface area contributed by atoms with Crippen LogP contribution in [0.4, 0.5) is 11.4 Å². The van der Waals surface area contributed by atoms with Crippen LogP contribution in [-0.4, -0.2) is 40.1 Å². The number of hydrogen-bond donors (Lipinski definition) is 2. The molecule has 0 unspecified atom stereocenters. The molecule has 2 aromatic carbocycles. The highest BCUT2D eigenvalue weighted by atomic mass is 16.6. The molecule has 2 aromatic rings. The fraction of sp³-hybridized carbons (Fsp3) is 0.261. The van der Waals surface area contributed by atoms with E-state index >= 15 is 0 Å². The fourth-order valence-electron chi connectivity index (χ4n) is 3.85. The lowest BCUT2D eigenvalue weighted by atomic mass is 9.80. The first-order valence-corrected chi connectivity index (χ1v) is 10.1. The minimum absolute atomic E-state index is 0.0400. The van der Waals surface area contributed by atoms with Crippen molar-refractivity contribution in [2.45, 2.75) is 19.8 Å². The predicted octanol–water partition coefficient (Wildman–Crippen LogP) is 4.40. The summed E-state index contributed by atoms with van der Waals surface area (Å²) in [4.78, 5) is 34.2. The molecule has 3 rings (SSSR count). The smallest absolute Gasteiger partial charge is 0.315 e. The highest BCUT2D eigenvalue weighted by molar-refractivity contribution is 6.14. The number of benzene rings is 2. The van der Waals surface area contributed by atoms with E-state index < -0.39 is 32.7 Å². The SMILES string of the molecule is COc1cc(/C=C2\CC(C)C/C(=C\c3cc(OC)c(O)c([N+](=O)[O-])c3)C2=O)cc([N+](=O)[O-])c1O. The molecule has 0 heterocycles. The van der Waals surface area contributed by atoms with Gasteiger partial charge < -0.3 is 19.7 Å². The topological polar surface area (TPSA) is 162 Å². The zero-order valence-corrected chi connectivity index (χ0v) is 18.6. The lowest BCUT2D eigenvalue weighted by Gasteiger charge is -2.23. The summed E-state index contributed by atoms with van der Waals surface area (Å²) in [5.41, 5.74) is 0.267. The van der Waals surface area contributed by atoms with Crippen LogP contribution in [0.1, 0.15) is 30.9 Å². The zero-order chi connectivity index (χ0) is 25.2. The number of hydrogen-bond acceptors (Lipinski definition) is 9. The summed E-state index contributed by atoms with van der Waals surface area (Å²) in [6.07, 6.45) is 3.82. The van der Waals surface area contributed by atoms with E-state index in [9.17, 15) is 35.2 Å². The largest absolute Gasteiger partial charge is 0.500 e. The minimum atomic E-state index is -0.748. The standard InChI is InChI=1S/C23H22N2O9/c1-12-4-15(6-13-8-17(24(29)30)22(27)19(10-13)33-2)21(26)16(5-12)7-14-9-18(25(31)32)23(28)20(11-14)34-3/h6-12,27-28H,4-5H2,1-3H3/b15-6+,16-7+. The van der Waals surface area contributed by atoms with E-state index in [1.807, 2.05) is 6.92 Å². The summed E-state index contributed by atoms with van der Waals surface area (Å²) in [6, 6.07) is 5.07. The maximum atomic E-state index is 13.2. The molecule has 0 radical (unpaired) electrons. The second-order valence-corrected chi connectivity index (χ2v) is 7.88. The number of nitro groups is 2. The first-order chi connectivity index (χ1) is 16.0. The average Bonchev–Trinajstić information content (AvgIpc) is 2.78. The van der Waals surface area contributed by atoms with Crippen molar-refractivity contribution in [2.75, 3.05) is 14.2 Å². The van der Waals surface area contributed by atoms with E-state index in [2.05, 4.69) is 0 Å². The highest BCUT2D eigenvalue weighted by Gasteiger charge is 2.27. The third-order valence-corrected chi connectivity index (χ3v) is 5.39.